The molecule has 1 aliphatic heterocycles. The van der Waals surface area contributed by atoms with Crippen LogP contribution in [0.2, 0.25) is 0 Å². The third-order valence-corrected chi connectivity index (χ3v) is 4.72. The summed E-state index contributed by atoms with van der Waals surface area (Å²) < 4.78 is 0. The molecule has 0 aromatic heterocycles. The molecule has 1 rings (SSSR count). The fourth-order valence-electron chi connectivity index (χ4n) is 2.54. The molecule has 0 aromatic rings. The summed E-state index contributed by atoms with van der Waals surface area (Å²) in [6, 6.07) is 1.49. The van der Waals surface area contributed by atoms with Crippen molar-refractivity contribution in [2.45, 2.75) is 46.2 Å². The van der Waals surface area contributed by atoms with Crippen LogP contribution in [-0.2, 0) is 0 Å². The van der Waals surface area contributed by atoms with Gasteiger partial charge in [-0.05, 0) is 38.1 Å². The number of nitrogens with zero attached hydrogens (tertiary/aromatic N) is 1. The second kappa shape index (κ2) is 7.57. The molecule has 2 nitrogen and oxygen atoms in total. The van der Waals surface area contributed by atoms with Crippen LogP contribution in [0.15, 0.2) is 0 Å². The first-order valence-corrected chi connectivity index (χ1v) is 7.89. The van der Waals surface area contributed by atoms with Crippen molar-refractivity contribution in [1.29, 1.82) is 0 Å². The van der Waals surface area contributed by atoms with Crippen LogP contribution in [0, 0.1) is 5.92 Å². The van der Waals surface area contributed by atoms with Crippen molar-refractivity contribution in [3.05, 3.63) is 0 Å². The van der Waals surface area contributed by atoms with Crippen molar-refractivity contribution in [1.82, 2.24) is 10.2 Å². The molecule has 96 valence electrons. The summed E-state index contributed by atoms with van der Waals surface area (Å²) in [5, 5.41) is 3.60. The topological polar surface area (TPSA) is 15.3 Å². The molecule has 1 heterocycles. The Morgan fingerprint density at radius 1 is 1.44 bits per heavy atom. The third kappa shape index (κ3) is 4.27. The van der Waals surface area contributed by atoms with E-state index >= 15 is 0 Å². The van der Waals surface area contributed by atoms with Gasteiger partial charge in [-0.1, -0.05) is 20.8 Å². The zero-order valence-electron chi connectivity index (χ0n) is 11.3. The predicted octanol–water partition coefficient (Wildman–Crippen LogP) is 2.45. The minimum Gasteiger partial charge on any atom is -0.314 e. The van der Waals surface area contributed by atoms with Gasteiger partial charge in [-0.25, -0.2) is 0 Å². The molecule has 1 N–H and O–H groups in total. The molecular weight excluding hydrogens is 216 g/mol. The molecule has 16 heavy (non-hydrogen) atoms. The first kappa shape index (κ1) is 14.3. The molecule has 1 fully saturated rings. The van der Waals surface area contributed by atoms with Crippen LogP contribution in [0.25, 0.3) is 0 Å². The molecule has 0 aliphatic carbocycles. The molecular formula is C13H28N2S. The van der Waals surface area contributed by atoms with E-state index in [0.717, 1.165) is 24.5 Å². The first-order valence-electron chi connectivity index (χ1n) is 6.74. The van der Waals surface area contributed by atoms with Crippen LogP contribution in [0.3, 0.4) is 0 Å². The van der Waals surface area contributed by atoms with E-state index in [2.05, 4.69) is 49.7 Å². The lowest BCUT2D eigenvalue weighted by atomic mass is 9.93. The first-order chi connectivity index (χ1) is 7.69. The molecule has 3 heteroatoms. The zero-order chi connectivity index (χ0) is 12.0. The van der Waals surface area contributed by atoms with Gasteiger partial charge in [-0.2, -0.15) is 11.8 Å². The Kier molecular flexibility index (Phi) is 6.78. The summed E-state index contributed by atoms with van der Waals surface area (Å²) >= 11 is 2.06. The average Bonchev–Trinajstić information content (AvgIpc) is 2.29. The highest BCUT2D eigenvalue weighted by Gasteiger charge is 2.27. The number of piperidine rings is 1. The van der Waals surface area contributed by atoms with Gasteiger partial charge in [0.1, 0.15) is 0 Å². The average molecular weight is 244 g/mol. The molecule has 0 radical (unpaired) electrons. The van der Waals surface area contributed by atoms with Gasteiger partial charge >= 0.3 is 0 Å². The van der Waals surface area contributed by atoms with E-state index in [9.17, 15) is 0 Å². The summed E-state index contributed by atoms with van der Waals surface area (Å²) in [5.41, 5.74) is 0. The van der Waals surface area contributed by atoms with Crippen molar-refractivity contribution < 1.29 is 0 Å². The Labute approximate surface area is 106 Å². The molecule has 3 atom stereocenters. The van der Waals surface area contributed by atoms with E-state index in [-0.39, 0.29) is 0 Å². The monoisotopic (exact) mass is 244 g/mol. The normalized spacial score (nSPS) is 29.2. The van der Waals surface area contributed by atoms with E-state index in [1.807, 2.05) is 0 Å². The van der Waals surface area contributed by atoms with Gasteiger partial charge in [0.2, 0.25) is 0 Å². The van der Waals surface area contributed by atoms with Gasteiger partial charge in [-0.3, -0.25) is 4.90 Å². The highest BCUT2D eigenvalue weighted by atomic mass is 32.2. The van der Waals surface area contributed by atoms with Crippen molar-refractivity contribution in [3.63, 3.8) is 0 Å². The van der Waals surface area contributed by atoms with Gasteiger partial charge in [0.15, 0.2) is 0 Å². The van der Waals surface area contributed by atoms with Crippen LogP contribution < -0.4 is 5.32 Å². The molecule has 0 amide bonds. The van der Waals surface area contributed by atoms with E-state index < -0.39 is 0 Å². The zero-order valence-corrected chi connectivity index (χ0v) is 12.1. The van der Waals surface area contributed by atoms with E-state index in [4.69, 9.17) is 0 Å². The summed E-state index contributed by atoms with van der Waals surface area (Å²) in [5.74, 6) is 3.32. The second-order valence-corrected chi connectivity index (χ2v) is 6.25. The lowest BCUT2D eigenvalue weighted by molar-refractivity contribution is 0.121. The number of hydrogen-bond acceptors (Lipinski definition) is 3. The van der Waals surface area contributed by atoms with Crippen molar-refractivity contribution in [2.24, 2.45) is 5.92 Å². The SMILES string of the molecule is CCNC1CCN(C(C)CSCC)CC1C. The molecule has 1 aliphatic rings. The second-order valence-electron chi connectivity index (χ2n) is 4.93. The van der Waals surface area contributed by atoms with Crippen molar-refractivity contribution >= 4 is 11.8 Å². The number of likely N-dealkylation sites (tertiary alicyclic amines) is 1. The van der Waals surface area contributed by atoms with E-state index in [1.165, 1.54) is 31.0 Å². The molecule has 0 aromatic carbocycles. The van der Waals surface area contributed by atoms with Gasteiger partial charge in [0, 0.05) is 24.4 Å². The highest BCUT2D eigenvalue weighted by molar-refractivity contribution is 7.99. The maximum Gasteiger partial charge on any atom is 0.0158 e. The fourth-order valence-corrected chi connectivity index (χ4v) is 3.33. The van der Waals surface area contributed by atoms with Gasteiger partial charge < -0.3 is 5.32 Å². The van der Waals surface area contributed by atoms with Gasteiger partial charge in [0.25, 0.3) is 0 Å². The number of thioether (sulfide) groups is 1. The Bertz CT molecular complexity index is 187. The standard InChI is InChI=1S/C13H28N2S/c1-5-14-13-7-8-15(9-11(13)3)12(4)10-16-6-2/h11-14H,5-10H2,1-4H3. The third-order valence-electron chi connectivity index (χ3n) is 3.59. The van der Waals surface area contributed by atoms with E-state index in [0.29, 0.717) is 0 Å². The summed E-state index contributed by atoms with van der Waals surface area (Å²) in [6.45, 7) is 12.9. The summed E-state index contributed by atoms with van der Waals surface area (Å²) in [4.78, 5) is 2.67. The highest BCUT2D eigenvalue weighted by Crippen LogP contribution is 2.20. The summed E-state index contributed by atoms with van der Waals surface area (Å²) in [7, 11) is 0. The predicted molar refractivity (Wildman–Crippen MR) is 75.3 cm³/mol. The summed E-state index contributed by atoms with van der Waals surface area (Å²) in [6.07, 6.45) is 1.32. The van der Waals surface area contributed by atoms with Crippen molar-refractivity contribution in [2.75, 3.05) is 31.1 Å². The smallest absolute Gasteiger partial charge is 0.0158 e. The Balaban J connectivity index is 2.32. The molecule has 1 saturated heterocycles. The lowest BCUT2D eigenvalue weighted by Crippen LogP contribution is -2.51. The Hall–Kier alpha value is 0.270. The van der Waals surface area contributed by atoms with E-state index in [1.54, 1.807) is 0 Å². The van der Waals surface area contributed by atoms with Crippen LogP contribution in [-0.4, -0.2) is 48.1 Å². The minimum atomic E-state index is 0.743. The molecule has 3 unspecified atom stereocenters. The van der Waals surface area contributed by atoms with Crippen LogP contribution in [0.4, 0.5) is 0 Å². The van der Waals surface area contributed by atoms with Gasteiger partial charge in [-0.15, -0.1) is 0 Å². The maximum atomic E-state index is 3.60. The Morgan fingerprint density at radius 2 is 2.19 bits per heavy atom. The molecule has 0 spiro atoms. The molecule has 0 bridgehead atoms. The lowest BCUT2D eigenvalue weighted by Gasteiger charge is -2.40. The number of rotatable bonds is 6. The van der Waals surface area contributed by atoms with Crippen LogP contribution in [0.1, 0.15) is 34.1 Å². The quantitative estimate of drug-likeness (QED) is 0.772. The van der Waals surface area contributed by atoms with Crippen LogP contribution >= 0.6 is 11.8 Å². The van der Waals surface area contributed by atoms with Gasteiger partial charge in [0.05, 0.1) is 0 Å². The number of nitrogens with one attached hydrogen (secondary N) is 1. The molecule has 0 saturated carbocycles. The van der Waals surface area contributed by atoms with Crippen LogP contribution in [0.5, 0.6) is 0 Å². The maximum absolute atomic E-state index is 3.60. The van der Waals surface area contributed by atoms with Crippen molar-refractivity contribution in [3.8, 4) is 0 Å². The largest absolute Gasteiger partial charge is 0.314 e. The number of hydrogen-bond donors (Lipinski definition) is 1. The minimum absolute atomic E-state index is 0.743. The fraction of sp³-hybridized carbons (Fsp3) is 1.00. The Morgan fingerprint density at radius 3 is 2.75 bits per heavy atom.